The Balaban J connectivity index is 2.23. The maximum Gasteiger partial charge on any atom is 0.258 e. The second kappa shape index (κ2) is 5.83. The molecule has 1 aromatic carbocycles. The van der Waals surface area contributed by atoms with E-state index in [0.29, 0.717) is 5.56 Å². The smallest absolute Gasteiger partial charge is 0.258 e. The summed E-state index contributed by atoms with van der Waals surface area (Å²) >= 11 is 5.76. The van der Waals surface area contributed by atoms with Crippen LogP contribution in [-0.2, 0) is 0 Å². The van der Waals surface area contributed by atoms with E-state index in [1.165, 1.54) is 25.3 Å². The molecule has 0 saturated heterocycles. The second-order valence-corrected chi connectivity index (χ2v) is 4.36. The fourth-order valence-electron chi connectivity index (χ4n) is 1.47. The lowest BCUT2D eigenvalue weighted by Gasteiger charge is -2.06. The number of hydrogen-bond donors (Lipinski definition) is 1. The summed E-state index contributed by atoms with van der Waals surface area (Å²) in [5, 5.41) is 2.56. The number of benzene rings is 1. The first-order valence-electron chi connectivity index (χ1n) is 5.65. The zero-order valence-corrected chi connectivity index (χ0v) is 11.5. The summed E-state index contributed by atoms with van der Waals surface area (Å²) in [6.07, 6.45) is 0. The summed E-state index contributed by atoms with van der Waals surface area (Å²) in [6, 6.07) is 5.58. The van der Waals surface area contributed by atoms with Crippen molar-refractivity contribution in [3.8, 4) is 5.88 Å². The molecule has 0 aliphatic carbocycles. The zero-order chi connectivity index (χ0) is 14.7. The van der Waals surface area contributed by atoms with Gasteiger partial charge < -0.3 is 4.74 Å². The summed E-state index contributed by atoms with van der Waals surface area (Å²) < 4.78 is 18.3. The molecule has 7 heteroatoms. The number of nitrogens with zero attached hydrogens (tertiary/aromatic N) is 2. The molecule has 20 heavy (non-hydrogen) atoms. The van der Waals surface area contributed by atoms with E-state index in [4.69, 9.17) is 16.3 Å². The van der Waals surface area contributed by atoms with Crippen LogP contribution >= 0.6 is 11.6 Å². The molecule has 1 N–H and O–H groups in total. The molecule has 0 radical (unpaired) electrons. The second-order valence-electron chi connectivity index (χ2n) is 3.97. The van der Waals surface area contributed by atoms with Gasteiger partial charge in [-0.05, 0) is 24.6 Å². The summed E-state index contributed by atoms with van der Waals surface area (Å²) in [4.78, 5) is 19.7. The van der Waals surface area contributed by atoms with Gasteiger partial charge in [-0.25, -0.2) is 9.37 Å². The molecule has 1 heterocycles. The summed E-state index contributed by atoms with van der Waals surface area (Å²) in [5.74, 6) is -0.786. The Morgan fingerprint density at radius 3 is 2.75 bits per heavy atom. The minimum atomic E-state index is -0.534. The van der Waals surface area contributed by atoms with Crippen molar-refractivity contribution in [1.82, 2.24) is 9.97 Å². The summed E-state index contributed by atoms with van der Waals surface area (Å²) in [6.45, 7) is 1.61. The number of anilines is 1. The monoisotopic (exact) mass is 295 g/mol. The number of rotatable bonds is 3. The van der Waals surface area contributed by atoms with Crippen LogP contribution in [0.15, 0.2) is 24.3 Å². The molecule has 5 nitrogen and oxygen atoms in total. The first kappa shape index (κ1) is 14.2. The van der Waals surface area contributed by atoms with E-state index < -0.39 is 11.7 Å². The number of ether oxygens (including phenoxy) is 1. The maximum absolute atomic E-state index is 13.4. The molecular weight excluding hydrogens is 285 g/mol. The van der Waals surface area contributed by atoms with Crippen LogP contribution in [0.4, 0.5) is 10.3 Å². The van der Waals surface area contributed by atoms with Gasteiger partial charge in [0.05, 0.1) is 7.11 Å². The highest BCUT2D eigenvalue weighted by atomic mass is 35.5. The lowest BCUT2D eigenvalue weighted by atomic mass is 10.1. The number of aromatic nitrogens is 2. The number of halogens is 2. The van der Waals surface area contributed by atoms with E-state index in [1.807, 2.05) is 0 Å². The Kier molecular flexibility index (Phi) is 4.14. The highest BCUT2D eigenvalue weighted by Crippen LogP contribution is 2.17. The average molecular weight is 296 g/mol. The van der Waals surface area contributed by atoms with Gasteiger partial charge in [-0.15, -0.1) is 0 Å². The van der Waals surface area contributed by atoms with Crippen molar-refractivity contribution in [3.63, 3.8) is 0 Å². The van der Waals surface area contributed by atoms with Gasteiger partial charge in [0.2, 0.25) is 11.8 Å². The van der Waals surface area contributed by atoms with Gasteiger partial charge in [-0.2, -0.15) is 4.98 Å². The Hall–Kier alpha value is -2.21. The van der Waals surface area contributed by atoms with Gasteiger partial charge in [0.15, 0.2) is 0 Å². The first-order chi connectivity index (χ1) is 9.49. The topological polar surface area (TPSA) is 64.1 Å². The molecule has 0 unspecified atom stereocenters. The number of hydrogen-bond acceptors (Lipinski definition) is 4. The normalized spacial score (nSPS) is 10.2. The first-order valence-corrected chi connectivity index (χ1v) is 6.03. The number of aryl methyl sites for hydroxylation is 1. The number of amides is 1. The van der Waals surface area contributed by atoms with Crippen LogP contribution in [0.25, 0.3) is 0 Å². The molecule has 1 aromatic heterocycles. The number of nitrogens with one attached hydrogen (secondary N) is 1. The predicted octanol–water partition coefficient (Wildman–Crippen LogP) is 2.84. The molecule has 0 saturated carbocycles. The molecule has 0 atom stereocenters. The lowest BCUT2D eigenvalue weighted by Crippen LogP contribution is -2.15. The van der Waals surface area contributed by atoms with Crippen molar-refractivity contribution >= 4 is 23.5 Å². The molecule has 0 bridgehead atoms. The van der Waals surface area contributed by atoms with E-state index >= 15 is 0 Å². The molecule has 2 rings (SSSR count). The number of carbonyl (C=O) groups excluding carboxylic acids is 1. The number of carbonyl (C=O) groups is 1. The van der Waals surface area contributed by atoms with Gasteiger partial charge >= 0.3 is 0 Å². The van der Waals surface area contributed by atoms with E-state index in [0.717, 1.165) is 6.07 Å². The molecule has 0 aliphatic rings. The van der Waals surface area contributed by atoms with Crippen LogP contribution in [0.5, 0.6) is 5.88 Å². The Morgan fingerprint density at radius 1 is 1.35 bits per heavy atom. The Labute approximate surface area is 119 Å². The standard InChI is InChI=1S/C13H11ClFN3O2/c1-7-3-4-8(5-9(7)15)12(19)18-13-16-10(14)6-11(17-13)20-2/h3-6H,1-2H3,(H,16,17,18,19). The van der Waals surface area contributed by atoms with E-state index in [2.05, 4.69) is 15.3 Å². The van der Waals surface area contributed by atoms with Crippen molar-refractivity contribution in [3.05, 3.63) is 46.4 Å². The van der Waals surface area contributed by atoms with E-state index in [9.17, 15) is 9.18 Å². The summed E-state index contributed by atoms with van der Waals surface area (Å²) in [7, 11) is 1.42. The lowest BCUT2D eigenvalue weighted by molar-refractivity contribution is 0.102. The fraction of sp³-hybridized carbons (Fsp3) is 0.154. The van der Waals surface area contributed by atoms with Crippen molar-refractivity contribution in [1.29, 1.82) is 0 Å². The molecule has 0 spiro atoms. The zero-order valence-electron chi connectivity index (χ0n) is 10.8. The molecule has 104 valence electrons. The number of methoxy groups -OCH3 is 1. The molecule has 2 aromatic rings. The third-order valence-electron chi connectivity index (χ3n) is 2.54. The van der Waals surface area contributed by atoms with Crippen molar-refractivity contribution in [2.24, 2.45) is 0 Å². The van der Waals surface area contributed by atoms with Crippen LogP contribution in [0.2, 0.25) is 5.15 Å². The summed E-state index contributed by atoms with van der Waals surface area (Å²) in [5.41, 5.74) is 0.623. The Morgan fingerprint density at radius 2 is 2.10 bits per heavy atom. The highest BCUT2D eigenvalue weighted by molar-refractivity contribution is 6.29. The van der Waals surface area contributed by atoms with Crippen LogP contribution in [0, 0.1) is 12.7 Å². The van der Waals surface area contributed by atoms with E-state index in [-0.39, 0.29) is 22.5 Å². The Bertz CT molecular complexity index is 664. The van der Waals surface area contributed by atoms with Crippen LogP contribution in [-0.4, -0.2) is 23.0 Å². The van der Waals surface area contributed by atoms with Crippen LogP contribution < -0.4 is 10.1 Å². The minimum absolute atomic E-state index is 0.0136. The minimum Gasteiger partial charge on any atom is -0.481 e. The van der Waals surface area contributed by atoms with E-state index in [1.54, 1.807) is 6.92 Å². The molecular formula is C13H11ClFN3O2. The average Bonchev–Trinajstić information content (AvgIpc) is 2.41. The van der Waals surface area contributed by atoms with Crippen molar-refractivity contribution in [2.45, 2.75) is 6.92 Å². The quantitative estimate of drug-likeness (QED) is 0.884. The van der Waals surface area contributed by atoms with Gasteiger partial charge in [-0.1, -0.05) is 17.7 Å². The van der Waals surface area contributed by atoms with Crippen LogP contribution in [0.3, 0.4) is 0 Å². The highest BCUT2D eigenvalue weighted by Gasteiger charge is 2.11. The van der Waals surface area contributed by atoms with Gasteiger partial charge in [-0.3, -0.25) is 10.1 Å². The van der Waals surface area contributed by atoms with Gasteiger partial charge in [0.1, 0.15) is 11.0 Å². The van der Waals surface area contributed by atoms with Crippen molar-refractivity contribution in [2.75, 3.05) is 12.4 Å². The molecule has 0 aliphatic heterocycles. The largest absolute Gasteiger partial charge is 0.481 e. The van der Waals surface area contributed by atoms with Crippen LogP contribution in [0.1, 0.15) is 15.9 Å². The predicted molar refractivity (Wildman–Crippen MR) is 72.7 cm³/mol. The molecule has 1 amide bonds. The van der Waals surface area contributed by atoms with Crippen molar-refractivity contribution < 1.29 is 13.9 Å². The SMILES string of the molecule is COc1cc(Cl)nc(NC(=O)c2ccc(C)c(F)c2)n1. The van der Waals surface area contributed by atoms with Gasteiger partial charge in [0, 0.05) is 11.6 Å². The third kappa shape index (κ3) is 3.21. The third-order valence-corrected chi connectivity index (χ3v) is 2.73. The molecule has 0 fully saturated rings. The fourth-order valence-corrected chi connectivity index (χ4v) is 1.64. The van der Waals surface area contributed by atoms with Gasteiger partial charge in [0.25, 0.3) is 5.91 Å². The maximum atomic E-state index is 13.4.